The largest absolute Gasteiger partial charge is 0.387 e. The molecule has 0 aliphatic carbocycles. The van der Waals surface area contributed by atoms with Gasteiger partial charge in [0.2, 0.25) is 5.91 Å². The molecule has 4 rings (SSSR count). The molecular formula is C24H26N2O2. The first-order chi connectivity index (χ1) is 13.7. The molecule has 1 atom stereocenters. The summed E-state index contributed by atoms with van der Waals surface area (Å²) < 4.78 is 0. The van der Waals surface area contributed by atoms with E-state index in [1.54, 1.807) is 0 Å². The molecule has 144 valence electrons. The molecule has 1 fully saturated rings. The van der Waals surface area contributed by atoms with E-state index in [0.29, 0.717) is 6.54 Å². The van der Waals surface area contributed by atoms with Crippen LogP contribution in [0.25, 0.3) is 10.8 Å². The molecule has 1 aliphatic heterocycles. The van der Waals surface area contributed by atoms with E-state index in [9.17, 15) is 9.90 Å². The third-order valence-corrected chi connectivity index (χ3v) is 5.59. The number of nitrogens with one attached hydrogen (secondary N) is 1. The van der Waals surface area contributed by atoms with Gasteiger partial charge < -0.3 is 15.3 Å². The molecule has 0 aromatic heterocycles. The molecule has 4 heteroatoms. The number of aliphatic hydroxyl groups excluding tert-OH is 1. The van der Waals surface area contributed by atoms with Crippen molar-refractivity contribution in [1.82, 2.24) is 4.90 Å². The van der Waals surface area contributed by atoms with E-state index in [1.165, 1.54) is 5.39 Å². The zero-order valence-corrected chi connectivity index (χ0v) is 15.9. The number of aliphatic hydroxyl groups is 1. The standard InChI is InChI=1S/C24H26N2O2/c27-23(21-11-10-18-6-4-5-7-20(18)16-21)17-26-14-12-19(13-15-26)24(28)25-22-8-2-1-3-9-22/h1-11,16,19,23,27H,12-15,17H2,(H,25,28). The Balaban J connectivity index is 1.30. The van der Waals surface area contributed by atoms with Gasteiger partial charge in [0.05, 0.1) is 6.10 Å². The lowest BCUT2D eigenvalue weighted by molar-refractivity contribution is -0.121. The van der Waals surface area contributed by atoms with Crippen LogP contribution in [-0.2, 0) is 4.79 Å². The summed E-state index contributed by atoms with van der Waals surface area (Å²) in [5.74, 6) is 0.134. The van der Waals surface area contributed by atoms with Crippen LogP contribution in [0.3, 0.4) is 0 Å². The molecule has 1 aliphatic rings. The minimum absolute atomic E-state index is 0.0364. The number of hydrogen-bond acceptors (Lipinski definition) is 3. The Morgan fingerprint density at radius 2 is 1.64 bits per heavy atom. The quantitative estimate of drug-likeness (QED) is 0.703. The van der Waals surface area contributed by atoms with Crippen LogP contribution in [0.15, 0.2) is 72.8 Å². The highest BCUT2D eigenvalue weighted by molar-refractivity contribution is 5.92. The van der Waals surface area contributed by atoms with Gasteiger partial charge in [0.15, 0.2) is 0 Å². The molecule has 2 N–H and O–H groups in total. The molecule has 0 saturated carbocycles. The van der Waals surface area contributed by atoms with E-state index >= 15 is 0 Å². The second kappa shape index (κ2) is 8.55. The lowest BCUT2D eigenvalue weighted by Crippen LogP contribution is -2.40. The SMILES string of the molecule is O=C(Nc1ccccc1)C1CCN(CC(O)c2ccc3ccccc3c2)CC1. The van der Waals surface area contributed by atoms with Gasteiger partial charge in [-0.15, -0.1) is 0 Å². The molecule has 4 nitrogen and oxygen atoms in total. The van der Waals surface area contributed by atoms with E-state index < -0.39 is 6.10 Å². The Morgan fingerprint density at radius 1 is 0.964 bits per heavy atom. The van der Waals surface area contributed by atoms with Crippen LogP contribution >= 0.6 is 0 Å². The Hall–Kier alpha value is -2.69. The molecule has 1 amide bonds. The Labute approximate surface area is 165 Å². The highest BCUT2D eigenvalue weighted by Crippen LogP contribution is 2.24. The van der Waals surface area contributed by atoms with Crippen LogP contribution in [-0.4, -0.2) is 35.5 Å². The third kappa shape index (κ3) is 4.41. The first-order valence-corrected chi connectivity index (χ1v) is 9.94. The van der Waals surface area contributed by atoms with Crippen LogP contribution in [0, 0.1) is 5.92 Å². The lowest BCUT2D eigenvalue weighted by Gasteiger charge is -2.32. The maximum absolute atomic E-state index is 12.5. The molecular weight excluding hydrogens is 348 g/mol. The average Bonchev–Trinajstić information content (AvgIpc) is 2.74. The van der Waals surface area contributed by atoms with Gasteiger partial charge in [0, 0.05) is 18.2 Å². The van der Waals surface area contributed by atoms with Crippen molar-refractivity contribution in [1.29, 1.82) is 0 Å². The first-order valence-electron chi connectivity index (χ1n) is 9.94. The van der Waals surface area contributed by atoms with E-state index in [2.05, 4.69) is 34.5 Å². The minimum Gasteiger partial charge on any atom is -0.387 e. The monoisotopic (exact) mass is 374 g/mol. The minimum atomic E-state index is -0.515. The van der Waals surface area contributed by atoms with E-state index in [-0.39, 0.29) is 11.8 Å². The predicted octanol–water partition coefficient (Wildman–Crippen LogP) is 4.22. The van der Waals surface area contributed by atoms with Crippen LogP contribution in [0.5, 0.6) is 0 Å². The zero-order valence-electron chi connectivity index (χ0n) is 15.9. The van der Waals surface area contributed by atoms with Crippen molar-refractivity contribution in [2.24, 2.45) is 5.92 Å². The maximum atomic E-state index is 12.5. The number of hydrogen-bond donors (Lipinski definition) is 2. The summed E-state index contributed by atoms with van der Waals surface area (Å²) in [4.78, 5) is 14.7. The lowest BCUT2D eigenvalue weighted by atomic mass is 9.95. The molecule has 1 heterocycles. The Bertz CT molecular complexity index is 934. The van der Waals surface area contributed by atoms with Crippen LogP contribution < -0.4 is 5.32 Å². The van der Waals surface area contributed by atoms with Crippen LogP contribution in [0.1, 0.15) is 24.5 Å². The maximum Gasteiger partial charge on any atom is 0.227 e. The van der Waals surface area contributed by atoms with Crippen molar-refractivity contribution in [2.45, 2.75) is 18.9 Å². The van der Waals surface area contributed by atoms with Gasteiger partial charge in [-0.3, -0.25) is 4.79 Å². The number of piperidine rings is 1. The molecule has 0 radical (unpaired) electrons. The van der Waals surface area contributed by atoms with Crippen molar-refractivity contribution >= 4 is 22.4 Å². The fourth-order valence-electron chi connectivity index (χ4n) is 3.91. The van der Waals surface area contributed by atoms with E-state index in [0.717, 1.165) is 42.6 Å². The van der Waals surface area contributed by atoms with Gasteiger partial charge in [-0.05, 0) is 60.5 Å². The van der Waals surface area contributed by atoms with Crippen molar-refractivity contribution in [3.8, 4) is 0 Å². The topological polar surface area (TPSA) is 52.6 Å². The number of benzene rings is 3. The van der Waals surface area contributed by atoms with Crippen molar-refractivity contribution < 1.29 is 9.90 Å². The zero-order chi connectivity index (χ0) is 19.3. The number of carbonyl (C=O) groups is 1. The van der Waals surface area contributed by atoms with Gasteiger partial charge in [-0.25, -0.2) is 0 Å². The first kappa shape index (κ1) is 18.7. The molecule has 28 heavy (non-hydrogen) atoms. The van der Waals surface area contributed by atoms with E-state index in [4.69, 9.17) is 0 Å². The van der Waals surface area contributed by atoms with Crippen molar-refractivity contribution in [3.63, 3.8) is 0 Å². The van der Waals surface area contributed by atoms with E-state index in [1.807, 2.05) is 48.5 Å². The number of nitrogens with zero attached hydrogens (tertiary/aromatic N) is 1. The van der Waals surface area contributed by atoms with Gasteiger partial charge >= 0.3 is 0 Å². The van der Waals surface area contributed by atoms with Crippen LogP contribution in [0.4, 0.5) is 5.69 Å². The third-order valence-electron chi connectivity index (χ3n) is 5.59. The molecule has 3 aromatic rings. The predicted molar refractivity (Wildman–Crippen MR) is 113 cm³/mol. The summed E-state index contributed by atoms with van der Waals surface area (Å²) >= 11 is 0. The second-order valence-electron chi connectivity index (χ2n) is 7.55. The van der Waals surface area contributed by atoms with Gasteiger partial charge in [-0.2, -0.15) is 0 Å². The average molecular weight is 374 g/mol. The highest BCUT2D eigenvalue weighted by Gasteiger charge is 2.26. The van der Waals surface area contributed by atoms with Crippen molar-refractivity contribution in [2.75, 3.05) is 25.0 Å². The van der Waals surface area contributed by atoms with Gasteiger partial charge in [0.25, 0.3) is 0 Å². The smallest absolute Gasteiger partial charge is 0.227 e. The molecule has 1 unspecified atom stereocenters. The summed E-state index contributed by atoms with van der Waals surface area (Å²) in [5.41, 5.74) is 1.80. The van der Waals surface area contributed by atoms with Crippen molar-refractivity contribution in [3.05, 3.63) is 78.4 Å². The Morgan fingerprint density at radius 3 is 2.39 bits per heavy atom. The summed E-state index contributed by atoms with van der Waals surface area (Å²) in [5, 5.41) is 16.0. The molecule has 0 bridgehead atoms. The fraction of sp³-hybridized carbons (Fsp3) is 0.292. The number of likely N-dealkylation sites (tertiary alicyclic amines) is 1. The molecule has 1 saturated heterocycles. The number of β-amino-alcohol motifs (C(OH)–C–C–N with tert-alkyl or cyclic N) is 1. The summed E-state index contributed by atoms with van der Waals surface area (Å²) in [7, 11) is 0. The fourth-order valence-corrected chi connectivity index (χ4v) is 3.91. The molecule has 0 spiro atoms. The van der Waals surface area contributed by atoms with Gasteiger partial charge in [-0.1, -0.05) is 54.6 Å². The van der Waals surface area contributed by atoms with Gasteiger partial charge in [0.1, 0.15) is 0 Å². The summed E-state index contributed by atoms with van der Waals surface area (Å²) in [6.07, 6.45) is 1.13. The highest BCUT2D eigenvalue weighted by atomic mass is 16.3. The second-order valence-corrected chi connectivity index (χ2v) is 7.55. The number of amides is 1. The Kier molecular flexibility index (Phi) is 5.70. The number of fused-ring (bicyclic) bond motifs is 1. The normalized spacial score (nSPS) is 16.8. The summed E-state index contributed by atoms with van der Waals surface area (Å²) in [6.45, 7) is 2.26. The number of anilines is 1. The summed E-state index contributed by atoms with van der Waals surface area (Å²) in [6, 6.07) is 23.9. The molecule has 3 aromatic carbocycles. The number of carbonyl (C=O) groups excluding carboxylic acids is 1. The number of rotatable bonds is 5. The number of para-hydroxylation sites is 1. The van der Waals surface area contributed by atoms with Crippen LogP contribution in [0.2, 0.25) is 0 Å².